The van der Waals surface area contributed by atoms with Gasteiger partial charge < -0.3 is 25.2 Å². The molecular weight excluding hydrogens is 571 g/mol. The number of ether oxygens (including phenoxy) is 1. The molecule has 0 aromatic heterocycles. The quantitative estimate of drug-likeness (QED) is 0.417. The van der Waals surface area contributed by atoms with Crippen LogP contribution in [0.5, 0.6) is 0 Å². The molecule has 43 heavy (non-hydrogen) atoms. The normalized spacial score (nSPS) is 35.8. The maximum Gasteiger partial charge on any atom is 0.246 e. The summed E-state index contributed by atoms with van der Waals surface area (Å²) in [6.45, 7) is 10.1. The van der Waals surface area contributed by atoms with E-state index in [1.54, 1.807) is 4.90 Å². The molecule has 8 atom stereocenters. The van der Waals surface area contributed by atoms with E-state index in [4.69, 9.17) is 16.3 Å². The van der Waals surface area contributed by atoms with E-state index in [0.29, 0.717) is 24.1 Å². The number of piperidine rings is 1. The molecule has 2 bridgehead atoms. The molecule has 1 saturated carbocycles. The Kier molecular flexibility index (Phi) is 8.61. The van der Waals surface area contributed by atoms with Crippen molar-refractivity contribution in [2.24, 2.45) is 29.6 Å². The molecule has 2 N–H and O–H groups in total. The molecule has 3 saturated heterocycles. The number of carbonyl (C=O) groups excluding carboxylic acids is 3. The van der Waals surface area contributed by atoms with Gasteiger partial charge in [-0.1, -0.05) is 57.4 Å². The maximum atomic E-state index is 14.3. The molecule has 234 valence electrons. The predicted octanol–water partition coefficient (Wildman–Crippen LogP) is 4.63. The number of benzene rings is 1. The number of rotatable bonds is 8. The first-order chi connectivity index (χ1) is 20.6. The second-order valence-electron chi connectivity index (χ2n) is 13.6. The fraction of sp³-hybridized carbons (Fsp3) is 0.667. The summed E-state index contributed by atoms with van der Waals surface area (Å²) in [7, 11) is 0. The average molecular weight is 615 g/mol. The zero-order valence-corrected chi connectivity index (χ0v) is 26.1. The number of nitrogens with zero attached hydrogens (tertiary/aromatic N) is 2. The summed E-state index contributed by atoms with van der Waals surface area (Å²) in [4.78, 5) is 46.3. The van der Waals surface area contributed by atoms with Gasteiger partial charge >= 0.3 is 0 Å². The number of hydrogen-bond acceptors (Lipinski definition) is 5. The van der Waals surface area contributed by atoms with Crippen LogP contribution in [0.3, 0.4) is 0 Å². The number of likely N-dealkylation sites (tertiary alicyclic amines) is 2. The Morgan fingerprint density at radius 3 is 2.60 bits per heavy atom. The standard InChI is InChI=1S/C33H44ClFN4O4/c1-19-11-16-38(17-12-19)14-5-15-39-29(31(41)37-25-7-4-6-20(2)21(25)3)33-13-10-26(43-33)27(28(33)32(39)42)30(40)36-22-8-9-24(35)23(34)18-22/h8-10,13,18-21,25-29H,4-7,11-12,14-17H2,1-3H3,(H,36,40)(H,37,41)/t20?,21?,25?,26-,27?,28-,29?,33?/m0/s1. The van der Waals surface area contributed by atoms with Crippen molar-refractivity contribution in [3.05, 3.63) is 41.2 Å². The van der Waals surface area contributed by atoms with Crippen LogP contribution in [0.2, 0.25) is 5.02 Å². The summed E-state index contributed by atoms with van der Waals surface area (Å²) in [5, 5.41) is 6.02. The van der Waals surface area contributed by atoms with Crippen molar-refractivity contribution in [1.29, 1.82) is 0 Å². The number of carbonyl (C=O) groups is 3. The monoisotopic (exact) mass is 614 g/mol. The van der Waals surface area contributed by atoms with Gasteiger partial charge in [0.2, 0.25) is 17.7 Å². The molecule has 10 heteroatoms. The first-order valence-electron chi connectivity index (χ1n) is 16.1. The van der Waals surface area contributed by atoms with Crippen molar-refractivity contribution < 1.29 is 23.5 Å². The largest absolute Gasteiger partial charge is 0.359 e. The molecule has 4 fully saturated rings. The van der Waals surface area contributed by atoms with Crippen molar-refractivity contribution in [3.63, 3.8) is 0 Å². The Morgan fingerprint density at radius 2 is 1.86 bits per heavy atom. The van der Waals surface area contributed by atoms with Gasteiger partial charge in [0.1, 0.15) is 17.5 Å². The Morgan fingerprint density at radius 1 is 1.09 bits per heavy atom. The Labute approximate surface area is 258 Å². The molecule has 1 aromatic rings. The van der Waals surface area contributed by atoms with Crippen LogP contribution in [-0.4, -0.2) is 77.5 Å². The second-order valence-corrected chi connectivity index (χ2v) is 14.0. The van der Waals surface area contributed by atoms with E-state index in [-0.39, 0.29) is 22.9 Å². The van der Waals surface area contributed by atoms with Crippen LogP contribution in [-0.2, 0) is 19.1 Å². The molecule has 1 aromatic carbocycles. The van der Waals surface area contributed by atoms with Crippen LogP contribution in [0.1, 0.15) is 59.3 Å². The molecule has 6 rings (SSSR count). The van der Waals surface area contributed by atoms with Gasteiger partial charge in [0.25, 0.3) is 0 Å². The van der Waals surface area contributed by atoms with Crippen molar-refractivity contribution in [2.45, 2.75) is 83.1 Å². The van der Waals surface area contributed by atoms with E-state index in [9.17, 15) is 18.8 Å². The summed E-state index contributed by atoms with van der Waals surface area (Å²) < 4.78 is 20.2. The van der Waals surface area contributed by atoms with Crippen LogP contribution in [0.15, 0.2) is 30.4 Å². The molecule has 4 aliphatic heterocycles. The van der Waals surface area contributed by atoms with Crippen LogP contribution in [0.25, 0.3) is 0 Å². The highest BCUT2D eigenvalue weighted by molar-refractivity contribution is 6.31. The summed E-state index contributed by atoms with van der Waals surface area (Å²) >= 11 is 5.94. The van der Waals surface area contributed by atoms with Gasteiger partial charge in [-0.25, -0.2) is 4.39 Å². The minimum atomic E-state index is -1.21. The lowest BCUT2D eigenvalue weighted by molar-refractivity contribution is -0.141. The van der Waals surface area contributed by atoms with Crippen LogP contribution in [0.4, 0.5) is 10.1 Å². The number of anilines is 1. The Hall–Kier alpha value is -2.49. The van der Waals surface area contributed by atoms with Gasteiger partial charge in [-0.05, 0) is 81.3 Å². The number of halogens is 2. The lowest BCUT2D eigenvalue weighted by atomic mass is 9.73. The third-order valence-electron chi connectivity index (χ3n) is 10.9. The second kappa shape index (κ2) is 12.1. The first kappa shape index (κ1) is 30.5. The Bertz CT molecular complexity index is 1290. The van der Waals surface area contributed by atoms with Crippen molar-refractivity contribution in [2.75, 3.05) is 31.5 Å². The first-order valence-corrected chi connectivity index (χ1v) is 16.4. The van der Waals surface area contributed by atoms with E-state index < -0.39 is 41.3 Å². The van der Waals surface area contributed by atoms with Crippen LogP contribution < -0.4 is 10.6 Å². The average Bonchev–Trinajstić information content (AvgIpc) is 3.62. The molecule has 8 nitrogen and oxygen atoms in total. The summed E-state index contributed by atoms with van der Waals surface area (Å²) in [5.74, 6) is -1.49. The van der Waals surface area contributed by atoms with Crippen LogP contribution in [0, 0.1) is 35.4 Å². The highest BCUT2D eigenvalue weighted by Crippen LogP contribution is 2.55. The van der Waals surface area contributed by atoms with Gasteiger partial charge in [0.15, 0.2) is 0 Å². The van der Waals surface area contributed by atoms with Crippen molar-refractivity contribution in [1.82, 2.24) is 15.1 Å². The summed E-state index contributed by atoms with van der Waals surface area (Å²) in [5.41, 5.74) is -0.872. The van der Waals surface area contributed by atoms with E-state index >= 15 is 0 Å². The van der Waals surface area contributed by atoms with Gasteiger partial charge in [-0.2, -0.15) is 0 Å². The zero-order valence-electron chi connectivity index (χ0n) is 25.4. The topological polar surface area (TPSA) is 91.0 Å². The van der Waals surface area contributed by atoms with E-state index in [2.05, 4.69) is 36.3 Å². The predicted molar refractivity (Wildman–Crippen MR) is 163 cm³/mol. The highest BCUT2D eigenvalue weighted by Gasteiger charge is 2.72. The SMILES string of the molecule is CC1CCN(CCCN2C(=O)[C@@H]3C(C(=O)Nc4ccc(F)c(Cl)c4)[C@@H]4C=CC3(O4)C2C(=O)NC2CCCC(C)C2C)CC1. The molecule has 1 spiro atoms. The molecule has 0 radical (unpaired) electrons. The maximum absolute atomic E-state index is 14.3. The number of fused-ring (bicyclic) bond motifs is 1. The highest BCUT2D eigenvalue weighted by atomic mass is 35.5. The summed E-state index contributed by atoms with van der Waals surface area (Å²) in [6.07, 6.45) is 9.23. The van der Waals surface area contributed by atoms with Crippen molar-refractivity contribution in [3.8, 4) is 0 Å². The lowest BCUT2D eigenvalue weighted by Gasteiger charge is -2.38. The molecule has 4 heterocycles. The minimum absolute atomic E-state index is 0.0314. The fourth-order valence-electron chi connectivity index (χ4n) is 8.11. The smallest absolute Gasteiger partial charge is 0.246 e. The lowest BCUT2D eigenvalue weighted by Crippen LogP contribution is -2.58. The van der Waals surface area contributed by atoms with E-state index in [0.717, 1.165) is 51.2 Å². The number of amides is 3. The molecule has 3 amide bonds. The van der Waals surface area contributed by atoms with E-state index in [1.807, 2.05) is 12.2 Å². The van der Waals surface area contributed by atoms with Gasteiger partial charge in [-0.15, -0.1) is 0 Å². The molecule has 1 aliphatic carbocycles. The summed E-state index contributed by atoms with van der Waals surface area (Å²) in [6, 6.07) is 3.15. The molecule has 5 aliphatic rings. The van der Waals surface area contributed by atoms with Gasteiger partial charge in [0.05, 0.1) is 23.0 Å². The number of hydrogen-bond donors (Lipinski definition) is 2. The zero-order chi connectivity index (χ0) is 30.5. The third-order valence-corrected chi connectivity index (χ3v) is 11.2. The van der Waals surface area contributed by atoms with Crippen molar-refractivity contribution >= 4 is 35.0 Å². The third kappa shape index (κ3) is 5.61. The van der Waals surface area contributed by atoms with Gasteiger partial charge in [-0.3, -0.25) is 14.4 Å². The van der Waals surface area contributed by atoms with E-state index in [1.165, 1.54) is 31.0 Å². The fourth-order valence-corrected chi connectivity index (χ4v) is 8.29. The van der Waals surface area contributed by atoms with Crippen LogP contribution >= 0.6 is 11.6 Å². The molecule has 6 unspecified atom stereocenters. The van der Waals surface area contributed by atoms with Gasteiger partial charge in [0, 0.05) is 18.3 Å². The molecular formula is C33H44ClFN4O4. The Balaban J connectivity index is 1.24. The number of nitrogens with one attached hydrogen (secondary N) is 2. The minimum Gasteiger partial charge on any atom is -0.359 e.